The Morgan fingerprint density at radius 2 is 2.20 bits per heavy atom. The van der Waals surface area contributed by atoms with Crippen molar-refractivity contribution in [2.24, 2.45) is 5.84 Å². The normalized spacial score (nSPS) is 10.7. The van der Waals surface area contributed by atoms with Gasteiger partial charge in [-0.15, -0.1) is 4.83 Å². The quantitative estimate of drug-likeness (QED) is 0.545. The van der Waals surface area contributed by atoms with Crippen molar-refractivity contribution < 1.29 is 13.2 Å². The highest BCUT2D eigenvalue weighted by Crippen LogP contribution is 2.23. The van der Waals surface area contributed by atoms with Gasteiger partial charge in [-0.25, -0.2) is 8.42 Å². The molecule has 0 saturated carbocycles. The van der Waals surface area contributed by atoms with Crippen molar-refractivity contribution in [3.8, 4) is 11.8 Å². The third-order valence-electron chi connectivity index (χ3n) is 1.74. The lowest BCUT2D eigenvalue weighted by atomic mass is 10.2. The summed E-state index contributed by atoms with van der Waals surface area (Å²) in [6.45, 7) is 0. The maximum absolute atomic E-state index is 11.4. The number of rotatable bonds is 3. The molecule has 0 fully saturated rings. The molecular weight excluding hydrogens is 218 g/mol. The Labute approximate surface area is 87.3 Å². The zero-order chi connectivity index (χ0) is 11.5. The molecule has 6 nitrogen and oxygen atoms in total. The second-order valence-corrected chi connectivity index (χ2v) is 4.28. The predicted molar refractivity (Wildman–Crippen MR) is 52.2 cm³/mol. The van der Waals surface area contributed by atoms with E-state index in [4.69, 9.17) is 15.8 Å². The maximum Gasteiger partial charge on any atom is 0.256 e. The molecule has 0 unspecified atom stereocenters. The van der Waals surface area contributed by atoms with Crippen molar-refractivity contribution in [3.05, 3.63) is 23.8 Å². The summed E-state index contributed by atoms with van der Waals surface area (Å²) in [6, 6.07) is 5.86. The fourth-order valence-corrected chi connectivity index (χ4v) is 1.85. The Hall–Kier alpha value is -1.62. The number of hydrogen-bond acceptors (Lipinski definition) is 5. The van der Waals surface area contributed by atoms with Crippen LogP contribution in [0, 0.1) is 11.3 Å². The van der Waals surface area contributed by atoms with Crippen LogP contribution in [0.1, 0.15) is 5.56 Å². The minimum Gasteiger partial charge on any atom is -0.495 e. The van der Waals surface area contributed by atoms with Crippen LogP contribution in [0.15, 0.2) is 23.1 Å². The van der Waals surface area contributed by atoms with Crippen LogP contribution in [0.3, 0.4) is 0 Å². The molecule has 0 radical (unpaired) electrons. The smallest absolute Gasteiger partial charge is 0.256 e. The van der Waals surface area contributed by atoms with Crippen molar-refractivity contribution in [1.29, 1.82) is 5.26 Å². The Morgan fingerprint density at radius 1 is 1.53 bits per heavy atom. The van der Waals surface area contributed by atoms with Crippen molar-refractivity contribution in [3.63, 3.8) is 0 Å². The number of methoxy groups -OCH3 is 1. The van der Waals surface area contributed by atoms with Crippen LogP contribution >= 0.6 is 0 Å². The second kappa shape index (κ2) is 4.27. The van der Waals surface area contributed by atoms with Gasteiger partial charge < -0.3 is 4.74 Å². The monoisotopic (exact) mass is 227 g/mol. The summed E-state index contributed by atoms with van der Waals surface area (Å²) >= 11 is 0. The number of hydrogen-bond donors (Lipinski definition) is 2. The van der Waals surface area contributed by atoms with Gasteiger partial charge in [-0.2, -0.15) is 5.26 Å². The molecule has 3 N–H and O–H groups in total. The molecule has 0 bridgehead atoms. The van der Waals surface area contributed by atoms with E-state index in [1.165, 1.54) is 25.3 Å². The molecule has 0 aliphatic rings. The third kappa shape index (κ3) is 2.24. The number of nitrogens with one attached hydrogen (secondary N) is 1. The van der Waals surface area contributed by atoms with Crippen LogP contribution in [0.4, 0.5) is 0 Å². The number of benzene rings is 1. The fourth-order valence-electron chi connectivity index (χ4n) is 1.02. The first-order valence-corrected chi connectivity index (χ1v) is 5.34. The van der Waals surface area contributed by atoms with E-state index in [-0.39, 0.29) is 16.2 Å². The van der Waals surface area contributed by atoms with E-state index in [2.05, 4.69) is 0 Å². The fraction of sp³-hybridized carbons (Fsp3) is 0.125. The number of sulfonamides is 1. The van der Waals surface area contributed by atoms with Crippen LogP contribution in [0.2, 0.25) is 0 Å². The van der Waals surface area contributed by atoms with Crippen molar-refractivity contribution in [1.82, 2.24) is 4.83 Å². The standard InChI is InChI=1S/C8H9N3O3S/c1-14-7-3-2-6(5-9)4-8(7)15(12,13)11-10/h2-4,11H,10H2,1H3. The van der Waals surface area contributed by atoms with E-state index in [1.54, 1.807) is 4.83 Å². The van der Waals surface area contributed by atoms with Gasteiger partial charge in [-0.3, -0.25) is 5.84 Å². The maximum atomic E-state index is 11.4. The number of ether oxygens (including phenoxy) is 1. The van der Waals surface area contributed by atoms with Crippen molar-refractivity contribution in [2.75, 3.05) is 7.11 Å². The molecule has 0 atom stereocenters. The molecule has 0 amide bonds. The first-order chi connectivity index (χ1) is 7.05. The number of nitrogens with two attached hydrogens (primary N) is 1. The van der Waals surface area contributed by atoms with E-state index >= 15 is 0 Å². The van der Waals surface area contributed by atoms with Gasteiger partial charge in [0.1, 0.15) is 10.6 Å². The highest BCUT2D eigenvalue weighted by atomic mass is 32.2. The van der Waals surface area contributed by atoms with E-state index in [0.717, 1.165) is 0 Å². The van der Waals surface area contributed by atoms with Crippen LogP contribution < -0.4 is 15.4 Å². The van der Waals surface area contributed by atoms with E-state index < -0.39 is 10.0 Å². The van der Waals surface area contributed by atoms with Gasteiger partial charge in [0.2, 0.25) is 0 Å². The van der Waals surface area contributed by atoms with Crippen molar-refractivity contribution in [2.45, 2.75) is 4.90 Å². The summed E-state index contributed by atoms with van der Waals surface area (Å²) in [4.78, 5) is 1.51. The lowest BCUT2D eigenvalue weighted by molar-refractivity contribution is 0.402. The second-order valence-electron chi connectivity index (χ2n) is 2.60. The summed E-state index contributed by atoms with van der Waals surface area (Å²) in [5, 5.41) is 8.63. The van der Waals surface area contributed by atoms with Gasteiger partial charge in [-0.05, 0) is 18.2 Å². The van der Waals surface area contributed by atoms with Gasteiger partial charge in [0.25, 0.3) is 10.0 Å². The van der Waals surface area contributed by atoms with E-state index in [0.29, 0.717) is 0 Å². The van der Waals surface area contributed by atoms with Gasteiger partial charge in [0, 0.05) is 0 Å². The van der Waals surface area contributed by atoms with Crippen LogP contribution in [0.25, 0.3) is 0 Å². The molecule has 7 heteroatoms. The topological polar surface area (TPSA) is 105 Å². The summed E-state index contributed by atoms with van der Waals surface area (Å²) in [5.41, 5.74) is 0.213. The molecule has 0 saturated heterocycles. The van der Waals surface area contributed by atoms with E-state index in [1.807, 2.05) is 6.07 Å². The molecule has 0 heterocycles. The molecule has 80 valence electrons. The Kier molecular flexibility index (Phi) is 3.26. The summed E-state index contributed by atoms with van der Waals surface area (Å²) in [5.74, 6) is 5.01. The number of nitrogens with zero attached hydrogens (tertiary/aromatic N) is 1. The van der Waals surface area contributed by atoms with Crippen molar-refractivity contribution >= 4 is 10.0 Å². The predicted octanol–water partition coefficient (Wildman–Crippen LogP) is -0.281. The number of hydrazine groups is 1. The minimum absolute atomic E-state index is 0.131. The first-order valence-electron chi connectivity index (χ1n) is 3.85. The average molecular weight is 227 g/mol. The first kappa shape index (κ1) is 11.5. The molecule has 1 rings (SSSR count). The van der Waals surface area contributed by atoms with Gasteiger partial charge in [-0.1, -0.05) is 0 Å². The molecular formula is C8H9N3O3S. The van der Waals surface area contributed by atoms with Gasteiger partial charge >= 0.3 is 0 Å². The Balaban J connectivity index is 3.45. The average Bonchev–Trinajstić information content (AvgIpc) is 2.28. The number of nitriles is 1. The Morgan fingerprint density at radius 3 is 2.67 bits per heavy atom. The highest BCUT2D eigenvalue weighted by Gasteiger charge is 2.18. The molecule has 1 aromatic carbocycles. The van der Waals surface area contributed by atoms with Crippen LogP contribution in [-0.2, 0) is 10.0 Å². The lowest BCUT2D eigenvalue weighted by Gasteiger charge is -2.08. The molecule has 0 aliphatic heterocycles. The van der Waals surface area contributed by atoms with Crippen LogP contribution in [0.5, 0.6) is 5.75 Å². The highest BCUT2D eigenvalue weighted by molar-refractivity contribution is 7.89. The molecule has 15 heavy (non-hydrogen) atoms. The Bertz CT molecular complexity index is 504. The summed E-state index contributed by atoms with van der Waals surface area (Å²) < 4.78 is 27.7. The third-order valence-corrected chi connectivity index (χ3v) is 2.95. The minimum atomic E-state index is -3.82. The largest absolute Gasteiger partial charge is 0.495 e. The molecule has 0 aliphatic carbocycles. The molecule has 0 spiro atoms. The molecule has 0 aromatic heterocycles. The van der Waals surface area contributed by atoms with E-state index in [9.17, 15) is 8.42 Å². The SMILES string of the molecule is COc1ccc(C#N)cc1S(=O)(=O)NN. The van der Waals surface area contributed by atoms with Gasteiger partial charge in [0.05, 0.1) is 18.7 Å². The lowest BCUT2D eigenvalue weighted by Crippen LogP contribution is -2.30. The molecule has 1 aromatic rings. The van der Waals surface area contributed by atoms with Gasteiger partial charge in [0.15, 0.2) is 0 Å². The van der Waals surface area contributed by atoms with Crippen LogP contribution in [-0.4, -0.2) is 15.5 Å². The zero-order valence-corrected chi connectivity index (χ0v) is 8.71. The summed E-state index contributed by atoms with van der Waals surface area (Å²) in [7, 11) is -2.49. The zero-order valence-electron chi connectivity index (χ0n) is 7.89. The summed E-state index contributed by atoms with van der Waals surface area (Å²) in [6.07, 6.45) is 0.